The van der Waals surface area contributed by atoms with Crippen LogP contribution in [0.3, 0.4) is 0 Å². The molecule has 2 N–H and O–H groups in total. The predicted octanol–water partition coefficient (Wildman–Crippen LogP) is 2.67. The van der Waals surface area contributed by atoms with Crippen molar-refractivity contribution in [3.8, 4) is 0 Å². The van der Waals surface area contributed by atoms with Crippen LogP contribution in [0.2, 0.25) is 0 Å². The standard InChI is InChI=1S/C10H10BrF3N2O3S/c11-6-1-7(20-4-6)2-15-9(19)16(3-8(17)18)5-10(12,13)14/h1,4H,2-3,5H2,(H,15,19)(H,17,18). The Bertz CT molecular complexity index is 492. The Morgan fingerprint density at radius 3 is 2.55 bits per heavy atom. The molecule has 0 spiro atoms. The Morgan fingerprint density at radius 1 is 1.45 bits per heavy atom. The number of hydrogen-bond acceptors (Lipinski definition) is 3. The van der Waals surface area contributed by atoms with Crippen molar-refractivity contribution in [1.29, 1.82) is 0 Å². The Hall–Kier alpha value is -1.29. The minimum absolute atomic E-state index is 0.0308. The number of rotatable bonds is 5. The molecule has 0 aliphatic carbocycles. The second-order valence-corrected chi connectivity index (χ2v) is 5.67. The van der Waals surface area contributed by atoms with Crippen molar-refractivity contribution in [3.05, 3.63) is 20.8 Å². The van der Waals surface area contributed by atoms with Crippen LogP contribution in [0.1, 0.15) is 4.88 Å². The maximum atomic E-state index is 12.3. The van der Waals surface area contributed by atoms with Crippen molar-refractivity contribution >= 4 is 39.3 Å². The number of carboxylic acids is 1. The van der Waals surface area contributed by atoms with E-state index in [9.17, 15) is 22.8 Å². The highest BCUT2D eigenvalue weighted by Gasteiger charge is 2.33. The number of nitrogens with one attached hydrogen (secondary N) is 1. The van der Waals surface area contributed by atoms with Crippen LogP contribution < -0.4 is 5.32 Å². The molecule has 0 aromatic carbocycles. The molecule has 20 heavy (non-hydrogen) atoms. The predicted molar refractivity (Wildman–Crippen MR) is 69.5 cm³/mol. The normalized spacial score (nSPS) is 11.2. The smallest absolute Gasteiger partial charge is 0.406 e. The first kappa shape index (κ1) is 16.8. The molecule has 1 heterocycles. The van der Waals surface area contributed by atoms with Gasteiger partial charge in [-0.1, -0.05) is 0 Å². The third kappa shape index (κ3) is 6.24. The van der Waals surface area contributed by atoms with Crippen molar-refractivity contribution in [3.63, 3.8) is 0 Å². The number of urea groups is 1. The second-order valence-electron chi connectivity index (χ2n) is 3.75. The zero-order valence-corrected chi connectivity index (χ0v) is 12.3. The molecule has 10 heteroatoms. The fourth-order valence-corrected chi connectivity index (χ4v) is 2.69. The van der Waals surface area contributed by atoms with Crippen LogP contribution in [0.25, 0.3) is 0 Å². The van der Waals surface area contributed by atoms with Gasteiger partial charge < -0.3 is 15.3 Å². The largest absolute Gasteiger partial charge is 0.480 e. The van der Waals surface area contributed by atoms with Gasteiger partial charge in [0.25, 0.3) is 0 Å². The Balaban J connectivity index is 2.60. The number of hydrogen-bond donors (Lipinski definition) is 2. The Labute approximate surface area is 124 Å². The summed E-state index contributed by atoms with van der Waals surface area (Å²) in [7, 11) is 0. The summed E-state index contributed by atoms with van der Waals surface area (Å²) in [6, 6.07) is 0.630. The molecule has 1 aromatic heterocycles. The number of carbonyl (C=O) groups is 2. The van der Waals surface area contributed by atoms with E-state index >= 15 is 0 Å². The zero-order chi connectivity index (χ0) is 15.3. The molecule has 0 radical (unpaired) electrons. The van der Waals surface area contributed by atoms with E-state index in [0.29, 0.717) is 0 Å². The molecule has 0 atom stereocenters. The second kappa shape index (κ2) is 6.93. The number of nitrogens with zero attached hydrogens (tertiary/aromatic N) is 1. The number of amides is 2. The van der Waals surface area contributed by atoms with E-state index in [4.69, 9.17) is 5.11 Å². The summed E-state index contributed by atoms with van der Waals surface area (Å²) in [5, 5.41) is 12.5. The van der Waals surface area contributed by atoms with Crippen LogP contribution in [0.15, 0.2) is 15.9 Å². The number of carboxylic acid groups (broad SMARTS) is 1. The van der Waals surface area contributed by atoms with E-state index in [0.717, 1.165) is 9.35 Å². The van der Waals surface area contributed by atoms with Crippen molar-refractivity contribution < 1.29 is 27.9 Å². The van der Waals surface area contributed by atoms with Gasteiger partial charge in [0.2, 0.25) is 0 Å². The van der Waals surface area contributed by atoms with Crippen LogP contribution in [0.5, 0.6) is 0 Å². The van der Waals surface area contributed by atoms with E-state index in [1.807, 2.05) is 0 Å². The molecule has 1 rings (SSSR count). The molecular weight excluding hydrogens is 365 g/mol. The molecule has 0 fully saturated rings. The lowest BCUT2D eigenvalue weighted by atomic mass is 10.4. The van der Waals surface area contributed by atoms with E-state index in [-0.39, 0.29) is 11.4 Å². The highest BCUT2D eigenvalue weighted by atomic mass is 79.9. The van der Waals surface area contributed by atoms with E-state index in [1.165, 1.54) is 11.3 Å². The Kier molecular flexibility index (Phi) is 5.81. The van der Waals surface area contributed by atoms with E-state index in [1.54, 1.807) is 11.4 Å². The molecule has 0 bridgehead atoms. The number of thiophene rings is 1. The number of alkyl halides is 3. The summed E-state index contributed by atoms with van der Waals surface area (Å²) in [4.78, 5) is 23.0. The van der Waals surface area contributed by atoms with Crippen LogP contribution in [0.4, 0.5) is 18.0 Å². The van der Waals surface area contributed by atoms with Crippen LogP contribution >= 0.6 is 27.3 Å². The molecule has 0 aliphatic rings. The fourth-order valence-electron chi connectivity index (χ4n) is 1.30. The van der Waals surface area contributed by atoms with Gasteiger partial charge in [0, 0.05) is 14.7 Å². The molecule has 0 aliphatic heterocycles. The molecule has 0 saturated heterocycles. The first-order valence-corrected chi connectivity index (χ1v) is 6.89. The molecule has 0 saturated carbocycles. The first-order chi connectivity index (χ1) is 9.17. The molecule has 5 nitrogen and oxygen atoms in total. The average Bonchev–Trinajstić information content (AvgIpc) is 2.68. The third-order valence-electron chi connectivity index (χ3n) is 2.02. The van der Waals surface area contributed by atoms with Crippen molar-refractivity contribution in [2.45, 2.75) is 12.7 Å². The molecular formula is C10H10BrF3N2O3S. The quantitative estimate of drug-likeness (QED) is 0.832. The summed E-state index contributed by atoms with van der Waals surface area (Å²) >= 11 is 4.51. The molecule has 0 unspecified atom stereocenters. The summed E-state index contributed by atoms with van der Waals surface area (Å²) in [5.74, 6) is -1.51. The lowest BCUT2D eigenvalue weighted by Crippen LogP contribution is -2.46. The third-order valence-corrected chi connectivity index (χ3v) is 3.72. The minimum atomic E-state index is -4.65. The van der Waals surface area contributed by atoms with Gasteiger partial charge in [-0.2, -0.15) is 13.2 Å². The first-order valence-electron chi connectivity index (χ1n) is 5.21. The van der Waals surface area contributed by atoms with Crippen LogP contribution in [-0.4, -0.2) is 41.3 Å². The molecule has 112 valence electrons. The zero-order valence-electron chi connectivity index (χ0n) is 9.91. The summed E-state index contributed by atoms with van der Waals surface area (Å²) < 4.78 is 37.6. The van der Waals surface area contributed by atoms with Crippen molar-refractivity contribution in [2.75, 3.05) is 13.1 Å². The Morgan fingerprint density at radius 2 is 2.10 bits per heavy atom. The van der Waals surface area contributed by atoms with E-state index < -0.39 is 31.3 Å². The van der Waals surface area contributed by atoms with Gasteiger partial charge in [-0.25, -0.2) is 4.79 Å². The van der Waals surface area contributed by atoms with Gasteiger partial charge in [-0.15, -0.1) is 11.3 Å². The molecule has 1 aromatic rings. The monoisotopic (exact) mass is 374 g/mol. The van der Waals surface area contributed by atoms with Gasteiger partial charge in [0.05, 0.1) is 6.54 Å². The van der Waals surface area contributed by atoms with E-state index in [2.05, 4.69) is 21.2 Å². The number of carbonyl (C=O) groups excluding carboxylic acids is 1. The summed E-state index contributed by atoms with van der Waals surface area (Å²) in [6.07, 6.45) is -4.65. The van der Waals surface area contributed by atoms with Crippen molar-refractivity contribution in [2.24, 2.45) is 0 Å². The van der Waals surface area contributed by atoms with Gasteiger partial charge >= 0.3 is 18.2 Å². The van der Waals surface area contributed by atoms with Crippen LogP contribution in [0, 0.1) is 0 Å². The SMILES string of the molecule is O=C(O)CN(CC(F)(F)F)C(=O)NCc1cc(Br)cs1. The summed E-state index contributed by atoms with van der Waals surface area (Å²) in [6.45, 7) is -2.60. The maximum absolute atomic E-state index is 12.3. The molecule has 2 amide bonds. The van der Waals surface area contributed by atoms with Gasteiger partial charge in [0.1, 0.15) is 13.1 Å². The highest BCUT2D eigenvalue weighted by Crippen LogP contribution is 2.20. The average molecular weight is 375 g/mol. The highest BCUT2D eigenvalue weighted by molar-refractivity contribution is 9.10. The lowest BCUT2D eigenvalue weighted by Gasteiger charge is -2.22. The van der Waals surface area contributed by atoms with Gasteiger partial charge in [0.15, 0.2) is 0 Å². The fraction of sp³-hybridized carbons (Fsp3) is 0.400. The van der Waals surface area contributed by atoms with Gasteiger partial charge in [-0.05, 0) is 22.0 Å². The topological polar surface area (TPSA) is 69.6 Å². The summed E-state index contributed by atoms with van der Waals surface area (Å²) in [5.41, 5.74) is 0. The van der Waals surface area contributed by atoms with Gasteiger partial charge in [-0.3, -0.25) is 4.79 Å². The van der Waals surface area contributed by atoms with Crippen LogP contribution in [-0.2, 0) is 11.3 Å². The lowest BCUT2D eigenvalue weighted by molar-refractivity contribution is -0.148. The van der Waals surface area contributed by atoms with Crippen molar-refractivity contribution in [1.82, 2.24) is 10.2 Å². The number of halogens is 4. The maximum Gasteiger partial charge on any atom is 0.406 e. The number of aliphatic carboxylic acids is 1. The minimum Gasteiger partial charge on any atom is -0.480 e.